The van der Waals surface area contributed by atoms with Crippen LogP contribution in [-0.2, 0) is 14.8 Å². The molecule has 4 rings (SSSR count). The first-order chi connectivity index (χ1) is 13.9. The van der Waals surface area contributed by atoms with Crippen molar-refractivity contribution in [2.45, 2.75) is 55.7 Å². The number of aryl methyl sites for hydroxylation is 1. The van der Waals surface area contributed by atoms with Gasteiger partial charge in [0.05, 0.1) is 11.4 Å². The lowest BCUT2D eigenvalue weighted by molar-refractivity contribution is -0.135. The van der Waals surface area contributed by atoms with E-state index in [1.165, 1.54) is 6.07 Å². The number of nitrogens with one attached hydrogen (secondary N) is 1. The van der Waals surface area contributed by atoms with E-state index in [4.69, 9.17) is 4.74 Å². The van der Waals surface area contributed by atoms with Gasteiger partial charge in [-0.3, -0.25) is 9.78 Å². The zero-order valence-electron chi connectivity index (χ0n) is 16.3. The Bertz CT molecular complexity index is 966. The molecule has 2 unspecified atom stereocenters. The number of ether oxygens (including phenoxy) is 1. The summed E-state index contributed by atoms with van der Waals surface area (Å²) in [4.78, 5) is 18.9. The molecule has 8 heteroatoms. The Kier molecular flexibility index (Phi) is 5.56. The molecule has 29 heavy (non-hydrogen) atoms. The van der Waals surface area contributed by atoms with Gasteiger partial charge in [-0.15, -0.1) is 0 Å². The number of sulfonamides is 1. The molecule has 2 aliphatic heterocycles. The summed E-state index contributed by atoms with van der Waals surface area (Å²) >= 11 is 0. The van der Waals surface area contributed by atoms with Gasteiger partial charge in [-0.05, 0) is 49.6 Å². The maximum absolute atomic E-state index is 12.8. The molecule has 3 heterocycles. The molecule has 7 nitrogen and oxygen atoms in total. The van der Waals surface area contributed by atoms with E-state index in [-0.39, 0.29) is 35.5 Å². The molecule has 1 amide bonds. The first kappa shape index (κ1) is 19.8. The number of amides is 1. The van der Waals surface area contributed by atoms with Gasteiger partial charge in [-0.2, -0.15) is 0 Å². The number of nitrogens with zero attached hydrogens (tertiary/aromatic N) is 2. The van der Waals surface area contributed by atoms with Gasteiger partial charge in [0.1, 0.15) is 11.9 Å². The zero-order valence-corrected chi connectivity index (χ0v) is 17.1. The highest BCUT2D eigenvalue weighted by Gasteiger charge is 2.44. The monoisotopic (exact) mass is 415 g/mol. The molecule has 0 spiro atoms. The van der Waals surface area contributed by atoms with Crippen molar-refractivity contribution in [1.29, 1.82) is 0 Å². The highest BCUT2D eigenvalue weighted by Crippen LogP contribution is 2.37. The summed E-state index contributed by atoms with van der Waals surface area (Å²) in [6, 6.07) is 10.5. The quantitative estimate of drug-likeness (QED) is 0.782. The highest BCUT2D eigenvalue weighted by molar-refractivity contribution is 7.89. The van der Waals surface area contributed by atoms with Crippen molar-refractivity contribution < 1.29 is 17.9 Å². The Morgan fingerprint density at radius 3 is 2.52 bits per heavy atom. The van der Waals surface area contributed by atoms with Gasteiger partial charge in [0.15, 0.2) is 0 Å². The Morgan fingerprint density at radius 2 is 1.86 bits per heavy atom. The number of fused-ring (bicyclic) bond motifs is 2. The van der Waals surface area contributed by atoms with Gasteiger partial charge in [0.2, 0.25) is 15.9 Å². The number of benzene rings is 1. The Morgan fingerprint density at radius 1 is 1.17 bits per heavy atom. The second-order valence-corrected chi connectivity index (χ2v) is 9.49. The number of aromatic nitrogens is 1. The Balaban J connectivity index is 1.36. The van der Waals surface area contributed by atoms with Crippen LogP contribution >= 0.6 is 0 Å². The van der Waals surface area contributed by atoms with Crippen molar-refractivity contribution in [3.63, 3.8) is 0 Å². The molecule has 2 saturated heterocycles. The fourth-order valence-corrected chi connectivity index (χ4v) is 5.43. The minimum atomic E-state index is -3.71. The van der Waals surface area contributed by atoms with E-state index in [2.05, 4.69) is 9.71 Å². The zero-order chi connectivity index (χ0) is 20.4. The lowest BCUT2D eigenvalue weighted by Crippen LogP contribution is -2.52. The third kappa shape index (κ3) is 4.43. The van der Waals surface area contributed by atoms with Crippen LogP contribution < -0.4 is 9.46 Å². The van der Waals surface area contributed by atoms with Crippen LogP contribution in [0.1, 0.15) is 31.2 Å². The second kappa shape index (κ2) is 8.12. The predicted octanol–water partition coefficient (Wildman–Crippen LogP) is 2.27. The summed E-state index contributed by atoms with van der Waals surface area (Å²) in [5.41, 5.74) is 0.855. The van der Waals surface area contributed by atoms with Crippen LogP contribution in [0.3, 0.4) is 0 Å². The van der Waals surface area contributed by atoms with Crippen LogP contribution in [0.15, 0.2) is 53.7 Å². The lowest BCUT2D eigenvalue weighted by Gasteiger charge is -2.39. The van der Waals surface area contributed by atoms with Gasteiger partial charge >= 0.3 is 0 Å². The number of hydrogen-bond donors (Lipinski definition) is 1. The number of carbonyl (C=O) groups excluding carboxylic acids is 1. The van der Waals surface area contributed by atoms with E-state index in [0.29, 0.717) is 0 Å². The fraction of sp³-hybridized carbons (Fsp3) is 0.429. The standard InChI is InChI=1S/C21H25N3O4S/c1-15-3-2-4-20(11-15)29(26,27)23-14-21(25)24-16-5-6-17(24)13-19(12-16)28-18-7-9-22-10-8-18/h2-4,7-11,16-17,19,23H,5-6,12-14H2,1H3. The fourth-order valence-electron chi connectivity index (χ4n) is 4.35. The molecule has 1 aromatic carbocycles. The molecule has 154 valence electrons. The molecule has 2 fully saturated rings. The average Bonchev–Trinajstić information content (AvgIpc) is 2.98. The van der Waals surface area contributed by atoms with Crippen LogP contribution in [0.4, 0.5) is 0 Å². The van der Waals surface area contributed by atoms with Crippen molar-refractivity contribution in [1.82, 2.24) is 14.6 Å². The average molecular weight is 416 g/mol. The molecule has 0 aliphatic carbocycles. The minimum Gasteiger partial charge on any atom is -0.490 e. The van der Waals surface area contributed by atoms with Crippen LogP contribution in [0.25, 0.3) is 0 Å². The Labute approximate surface area is 171 Å². The van der Waals surface area contributed by atoms with Crippen molar-refractivity contribution in [3.8, 4) is 5.75 Å². The van der Waals surface area contributed by atoms with Crippen LogP contribution in [0.5, 0.6) is 5.75 Å². The van der Waals surface area contributed by atoms with Crippen molar-refractivity contribution in [2.24, 2.45) is 0 Å². The summed E-state index contributed by atoms with van der Waals surface area (Å²) in [6.07, 6.45) is 6.83. The van der Waals surface area contributed by atoms with Crippen LogP contribution in [0.2, 0.25) is 0 Å². The predicted molar refractivity (Wildman–Crippen MR) is 108 cm³/mol. The molecule has 0 radical (unpaired) electrons. The van der Waals surface area contributed by atoms with E-state index >= 15 is 0 Å². The lowest BCUT2D eigenvalue weighted by atomic mass is 9.99. The van der Waals surface area contributed by atoms with Gasteiger partial charge < -0.3 is 9.64 Å². The number of pyridine rings is 1. The molecule has 2 aliphatic rings. The van der Waals surface area contributed by atoms with Crippen LogP contribution in [0, 0.1) is 6.92 Å². The number of piperidine rings is 1. The summed E-state index contributed by atoms with van der Waals surface area (Å²) in [7, 11) is -3.71. The third-order valence-electron chi connectivity index (χ3n) is 5.64. The SMILES string of the molecule is Cc1cccc(S(=O)(=O)NCC(=O)N2C3CCC2CC(Oc2ccncc2)C3)c1. The maximum Gasteiger partial charge on any atom is 0.241 e. The molecule has 2 bridgehead atoms. The molecule has 0 saturated carbocycles. The van der Waals surface area contributed by atoms with E-state index in [1.54, 1.807) is 24.5 Å². The second-order valence-electron chi connectivity index (χ2n) is 7.72. The van der Waals surface area contributed by atoms with Crippen LogP contribution in [-0.4, -0.2) is 48.9 Å². The molecule has 1 aromatic heterocycles. The van der Waals surface area contributed by atoms with Crippen molar-refractivity contribution in [2.75, 3.05) is 6.54 Å². The topological polar surface area (TPSA) is 88.6 Å². The molecular weight excluding hydrogens is 390 g/mol. The first-order valence-corrected chi connectivity index (χ1v) is 11.3. The van der Waals surface area contributed by atoms with E-state index in [1.807, 2.05) is 30.0 Å². The summed E-state index contributed by atoms with van der Waals surface area (Å²) in [6.45, 7) is 1.61. The van der Waals surface area contributed by atoms with Gasteiger partial charge in [0, 0.05) is 37.3 Å². The number of hydrogen-bond acceptors (Lipinski definition) is 5. The largest absolute Gasteiger partial charge is 0.490 e. The molecule has 1 N–H and O–H groups in total. The number of rotatable bonds is 6. The highest BCUT2D eigenvalue weighted by atomic mass is 32.2. The van der Waals surface area contributed by atoms with Gasteiger partial charge in [-0.25, -0.2) is 13.1 Å². The first-order valence-electron chi connectivity index (χ1n) is 9.86. The van der Waals surface area contributed by atoms with Gasteiger partial charge in [-0.1, -0.05) is 12.1 Å². The van der Waals surface area contributed by atoms with E-state index < -0.39 is 10.0 Å². The summed E-state index contributed by atoms with van der Waals surface area (Å²) in [5.74, 6) is 0.617. The smallest absolute Gasteiger partial charge is 0.241 e. The van der Waals surface area contributed by atoms with E-state index in [0.717, 1.165) is 37.0 Å². The van der Waals surface area contributed by atoms with Gasteiger partial charge in [0.25, 0.3) is 0 Å². The molecule has 2 atom stereocenters. The van der Waals surface area contributed by atoms with Crippen molar-refractivity contribution in [3.05, 3.63) is 54.4 Å². The minimum absolute atomic E-state index is 0.0583. The normalized spacial score (nSPS) is 23.8. The molecular formula is C21H25N3O4S. The summed E-state index contributed by atoms with van der Waals surface area (Å²) < 4.78 is 33.5. The van der Waals surface area contributed by atoms with E-state index in [9.17, 15) is 13.2 Å². The summed E-state index contributed by atoms with van der Waals surface area (Å²) in [5, 5.41) is 0. The van der Waals surface area contributed by atoms with Crippen molar-refractivity contribution >= 4 is 15.9 Å². The maximum atomic E-state index is 12.8. The Hall–Kier alpha value is -2.45. The number of carbonyl (C=O) groups is 1. The third-order valence-corrected chi connectivity index (χ3v) is 7.04. The molecule has 2 aromatic rings.